The average Bonchev–Trinajstić information content (AvgIpc) is 3.47. The van der Waals surface area contributed by atoms with Crippen LogP contribution in [0, 0.1) is 0 Å². The van der Waals surface area contributed by atoms with Gasteiger partial charge in [0.05, 0.1) is 5.75 Å². The van der Waals surface area contributed by atoms with Crippen molar-refractivity contribution in [3.8, 4) is 0 Å². The predicted molar refractivity (Wildman–Crippen MR) is 104 cm³/mol. The van der Waals surface area contributed by atoms with Crippen LogP contribution in [0.2, 0.25) is 0 Å². The Kier molecular flexibility index (Phi) is 5.36. The molecule has 1 aromatic heterocycles. The van der Waals surface area contributed by atoms with Crippen LogP contribution in [0.25, 0.3) is 0 Å². The fourth-order valence-electron chi connectivity index (χ4n) is 4.23. The maximum atomic E-state index is 12.7. The van der Waals surface area contributed by atoms with E-state index in [1.165, 1.54) is 8.99 Å². The Hall–Kier alpha value is -2.01. The summed E-state index contributed by atoms with van der Waals surface area (Å²) in [5.74, 6) is 0.000355. The molecule has 1 aliphatic carbocycles. The van der Waals surface area contributed by atoms with Gasteiger partial charge in [0.25, 0.3) is 0 Å². The number of hydrogen-bond donors (Lipinski definition) is 0. The molecule has 0 unspecified atom stereocenters. The molecule has 1 saturated carbocycles. The molecule has 2 saturated heterocycles. The Morgan fingerprint density at radius 3 is 2.21 bits per heavy atom. The number of likely N-dealkylation sites (tertiary alicyclic amines) is 1. The lowest BCUT2D eigenvalue weighted by Gasteiger charge is -2.32. The van der Waals surface area contributed by atoms with E-state index in [1.807, 2.05) is 0 Å². The van der Waals surface area contributed by atoms with E-state index in [0.29, 0.717) is 45.2 Å². The van der Waals surface area contributed by atoms with Crippen LogP contribution in [-0.4, -0.2) is 69.2 Å². The number of carbonyl (C=O) groups excluding carboxylic acids is 2. The van der Waals surface area contributed by atoms with E-state index in [-0.39, 0.29) is 41.8 Å². The van der Waals surface area contributed by atoms with Gasteiger partial charge < -0.3 is 0 Å². The lowest BCUT2D eigenvalue weighted by molar-refractivity contribution is -0.147. The van der Waals surface area contributed by atoms with Crippen LogP contribution in [-0.2, 0) is 26.7 Å². The Balaban J connectivity index is 1.38. The van der Waals surface area contributed by atoms with Crippen LogP contribution >= 0.6 is 0 Å². The highest BCUT2D eigenvalue weighted by Gasteiger charge is 2.36. The highest BCUT2D eigenvalue weighted by molar-refractivity contribution is 7.89. The van der Waals surface area contributed by atoms with Crippen molar-refractivity contribution < 1.29 is 18.0 Å². The van der Waals surface area contributed by atoms with Crippen molar-refractivity contribution in [3.05, 3.63) is 16.3 Å². The topological polar surface area (TPSA) is 115 Å². The molecule has 0 N–H and O–H groups in total. The standard InChI is InChI=1S/C18H27N5O5S/c1-20-18(26)23(14-5-6-14)17(19-20)13-7-9-21(10-8-13)29(27,28)12-11-22-15(24)3-2-4-16(22)25/h13-14H,2-12H2,1H3. The molecule has 3 fully saturated rings. The van der Waals surface area contributed by atoms with Gasteiger partial charge in [-0.25, -0.2) is 22.2 Å². The quantitative estimate of drug-likeness (QED) is 0.591. The molecule has 11 heteroatoms. The molecule has 0 radical (unpaired) electrons. The van der Waals surface area contributed by atoms with Gasteiger partial charge in [-0.1, -0.05) is 0 Å². The van der Waals surface area contributed by atoms with Gasteiger partial charge in [0.15, 0.2) is 0 Å². The van der Waals surface area contributed by atoms with Gasteiger partial charge in [0.1, 0.15) is 5.82 Å². The summed E-state index contributed by atoms with van der Waals surface area (Å²) < 4.78 is 30.0. The number of sulfonamides is 1. The Bertz CT molecular complexity index is 953. The third kappa shape index (κ3) is 4.02. The van der Waals surface area contributed by atoms with E-state index < -0.39 is 10.0 Å². The minimum absolute atomic E-state index is 0.0567. The number of hydrogen-bond acceptors (Lipinski definition) is 6. The summed E-state index contributed by atoms with van der Waals surface area (Å²) in [6, 6.07) is 0.229. The normalized spacial score (nSPS) is 22.4. The maximum Gasteiger partial charge on any atom is 0.345 e. The van der Waals surface area contributed by atoms with Crippen LogP contribution in [0.5, 0.6) is 0 Å². The van der Waals surface area contributed by atoms with Crippen LogP contribution in [0.1, 0.15) is 62.7 Å². The number of carbonyl (C=O) groups is 2. The van der Waals surface area contributed by atoms with E-state index in [2.05, 4.69) is 5.10 Å². The molecule has 0 atom stereocenters. The lowest BCUT2D eigenvalue weighted by atomic mass is 9.97. The third-order valence-corrected chi connectivity index (χ3v) is 7.91. The molecule has 0 aromatic carbocycles. The van der Waals surface area contributed by atoms with Gasteiger partial charge in [0, 0.05) is 51.5 Å². The van der Waals surface area contributed by atoms with Crippen molar-refractivity contribution >= 4 is 21.8 Å². The van der Waals surface area contributed by atoms with Gasteiger partial charge in [0.2, 0.25) is 21.8 Å². The number of piperidine rings is 2. The number of imide groups is 1. The van der Waals surface area contributed by atoms with Crippen molar-refractivity contribution in [3.63, 3.8) is 0 Å². The minimum atomic E-state index is -3.56. The number of aromatic nitrogens is 3. The molecule has 0 spiro atoms. The van der Waals surface area contributed by atoms with Gasteiger partial charge in [-0.2, -0.15) is 5.10 Å². The van der Waals surface area contributed by atoms with Crippen molar-refractivity contribution in [2.75, 3.05) is 25.4 Å². The zero-order chi connectivity index (χ0) is 20.8. The third-order valence-electron chi connectivity index (χ3n) is 6.06. The smallest absolute Gasteiger partial charge is 0.282 e. The molecular formula is C18H27N5O5S. The Labute approximate surface area is 169 Å². The largest absolute Gasteiger partial charge is 0.345 e. The van der Waals surface area contributed by atoms with E-state index in [9.17, 15) is 22.8 Å². The van der Waals surface area contributed by atoms with Gasteiger partial charge in [-0.05, 0) is 32.1 Å². The highest BCUT2D eigenvalue weighted by atomic mass is 32.2. The Morgan fingerprint density at radius 2 is 1.62 bits per heavy atom. The summed E-state index contributed by atoms with van der Waals surface area (Å²) in [7, 11) is -1.91. The molecule has 1 aromatic rings. The first-order valence-electron chi connectivity index (χ1n) is 10.2. The molecule has 10 nitrogen and oxygen atoms in total. The Morgan fingerprint density at radius 1 is 1.00 bits per heavy atom. The van der Waals surface area contributed by atoms with E-state index in [0.717, 1.165) is 23.6 Å². The SMILES string of the molecule is Cn1nc(C2CCN(S(=O)(=O)CCN3C(=O)CCCC3=O)CC2)n(C2CC2)c1=O. The van der Waals surface area contributed by atoms with Gasteiger partial charge in [-0.3, -0.25) is 19.1 Å². The zero-order valence-corrected chi connectivity index (χ0v) is 17.4. The highest BCUT2D eigenvalue weighted by Crippen LogP contribution is 2.37. The second-order valence-electron chi connectivity index (χ2n) is 8.15. The minimum Gasteiger partial charge on any atom is -0.282 e. The first-order valence-corrected chi connectivity index (χ1v) is 11.9. The van der Waals surface area contributed by atoms with E-state index in [1.54, 1.807) is 11.6 Å². The summed E-state index contributed by atoms with van der Waals surface area (Å²) in [5, 5.41) is 4.41. The van der Waals surface area contributed by atoms with Crippen molar-refractivity contribution in [2.24, 2.45) is 7.05 Å². The van der Waals surface area contributed by atoms with Gasteiger partial charge >= 0.3 is 5.69 Å². The molecule has 3 aliphatic rings. The van der Waals surface area contributed by atoms with Crippen LogP contribution in [0.4, 0.5) is 0 Å². The fourth-order valence-corrected chi connectivity index (χ4v) is 5.67. The van der Waals surface area contributed by atoms with Crippen molar-refractivity contribution in [2.45, 2.75) is 56.9 Å². The average molecular weight is 426 g/mol. The molecule has 2 aliphatic heterocycles. The molecule has 160 valence electrons. The van der Waals surface area contributed by atoms with Crippen LogP contribution in [0.15, 0.2) is 4.79 Å². The molecule has 0 bridgehead atoms. The number of rotatable bonds is 6. The van der Waals surface area contributed by atoms with Crippen molar-refractivity contribution in [1.29, 1.82) is 0 Å². The fraction of sp³-hybridized carbons (Fsp3) is 0.778. The number of aryl methyl sites for hydroxylation is 1. The lowest BCUT2D eigenvalue weighted by Crippen LogP contribution is -2.46. The molecule has 29 heavy (non-hydrogen) atoms. The number of amides is 2. The number of nitrogens with zero attached hydrogens (tertiary/aromatic N) is 5. The summed E-state index contributed by atoms with van der Waals surface area (Å²) in [4.78, 5) is 37.2. The second kappa shape index (κ2) is 7.67. The van der Waals surface area contributed by atoms with Crippen LogP contribution in [0.3, 0.4) is 0 Å². The molecular weight excluding hydrogens is 398 g/mol. The summed E-state index contributed by atoms with van der Waals surface area (Å²) in [6.45, 7) is 0.621. The zero-order valence-electron chi connectivity index (χ0n) is 16.6. The summed E-state index contributed by atoms with van der Waals surface area (Å²) >= 11 is 0. The van der Waals surface area contributed by atoms with E-state index >= 15 is 0 Å². The van der Waals surface area contributed by atoms with Crippen molar-refractivity contribution in [1.82, 2.24) is 23.6 Å². The van der Waals surface area contributed by atoms with Gasteiger partial charge in [-0.15, -0.1) is 0 Å². The maximum absolute atomic E-state index is 12.7. The first-order chi connectivity index (χ1) is 13.8. The predicted octanol–water partition coefficient (Wildman–Crippen LogP) is -0.0350. The van der Waals surface area contributed by atoms with Crippen LogP contribution < -0.4 is 5.69 Å². The molecule has 3 heterocycles. The molecule has 4 rings (SSSR count). The second-order valence-corrected chi connectivity index (χ2v) is 10.2. The monoisotopic (exact) mass is 425 g/mol. The summed E-state index contributed by atoms with van der Waals surface area (Å²) in [6.07, 6.45) is 4.30. The first kappa shape index (κ1) is 20.3. The van der Waals surface area contributed by atoms with E-state index in [4.69, 9.17) is 0 Å². The summed E-state index contributed by atoms with van der Waals surface area (Å²) in [5.41, 5.74) is -0.103. The molecule has 2 amide bonds.